The van der Waals surface area contributed by atoms with Gasteiger partial charge >= 0.3 is 0 Å². The van der Waals surface area contributed by atoms with Gasteiger partial charge in [0.2, 0.25) is 5.91 Å². The highest BCUT2D eigenvalue weighted by Gasteiger charge is 2.37. The Balaban J connectivity index is 1.41. The molecule has 26 heavy (non-hydrogen) atoms. The maximum Gasteiger partial charge on any atom is 0.226 e. The summed E-state index contributed by atoms with van der Waals surface area (Å²) in [4.78, 5) is 19.9. The Labute approximate surface area is 156 Å². The van der Waals surface area contributed by atoms with Crippen LogP contribution in [0.2, 0.25) is 0 Å². The average Bonchev–Trinajstić information content (AvgIpc) is 3.45. The van der Waals surface area contributed by atoms with Crippen LogP contribution in [0.25, 0.3) is 5.65 Å². The number of nitrogens with zero attached hydrogens (tertiary/aromatic N) is 3. The van der Waals surface area contributed by atoms with Crippen LogP contribution in [0.15, 0.2) is 30.6 Å². The van der Waals surface area contributed by atoms with E-state index in [0.29, 0.717) is 18.5 Å². The minimum Gasteiger partial charge on any atom is -0.334 e. The number of carbonyl (C=O) groups excluding carboxylic acids is 1. The molecule has 0 atom stereocenters. The van der Waals surface area contributed by atoms with Crippen LogP contribution in [0.5, 0.6) is 0 Å². The molecule has 0 spiro atoms. The van der Waals surface area contributed by atoms with Crippen molar-refractivity contribution >= 4 is 11.6 Å². The predicted octanol–water partition coefficient (Wildman–Crippen LogP) is 4.82. The molecule has 4 rings (SSSR count). The normalized spacial score (nSPS) is 23.3. The minimum atomic E-state index is 0.243. The van der Waals surface area contributed by atoms with Crippen LogP contribution in [0.1, 0.15) is 70.4 Å². The van der Waals surface area contributed by atoms with Gasteiger partial charge in [-0.05, 0) is 56.6 Å². The van der Waals surface area contributed by atoms with E-state index in [4.69, 9.17) is 0 Å². The second kappa shape index (κ2) is 7.81. The lowest BCUT2D eigenvalue weighted by molar-refractivity contribution is -0.138. The SMILES string of the molecule is CCCCC1CCC(C(=O)N(Cc2cnc3ccccn23)C2CC2)CC1. The fourth-order valence-corrected chi connectivity index (χ4v) is 4.48. The molecule has 0 unspecified atom stereocenters. The highest BCUT2D eigenvalue weighted by atomic mass is 16.2. The molecule has 4 nitrogen and oxygen atoms in total. The van der Waals surface area contributed by atoms with Crippen LogP contribution in [-0.4, -0.2) is 26.2 Å². The number of hydrogen-bond donors (Lipinski definition) is 0. The Morgan fingerprint density at radius 3 is 2.73 bits per heavy atom. The van der Waals surface area contributed by atoms with Crippen molar-refractivity contribution in [3.8, 4) is 0 Å². The van der Waals surface area contributed by atoms with Gasteiger partial charge in [0.25, 0.3) is 0 Å². The van der Waals surface area contributed by atoms with Gasteiger partial charge in [0.1, 0.15) is 5.65 Å². The van der Waals surface area contributed by atoms with Crippen molar-refractivity contribution in [1.82, 2.24) is 14.3 Å². The molecule has 2 saturated carbocycles. The van der Waals surface area contributed by atoms with E-state index < -0.39 is 0 Å². The van der Waals surface area contributed by atoms with Gasteiger partial charge in [-0.2, -0.15) is 0 Å². The summed E-state index contributed by atoms with van der Waals surface area (Å²) < 4.78 is 2.12. The molecule has 2 aliphatic carbocycles. The first-order valence-electron chi connectivity index (χ1n) is 10.5. The highest BCUT2D eigenvalue weighted by molar-refractivity contribution is 5.79. The monoisotopic (exact) mass is 353 g/mol. The molecular formula is C22H31N3O. The maximum atomic E-state index is 13.3. The second-order valence-corrected chi connectivity index (χ2v) is 8.24. The van der Waals surface area contributed by atoms with E-state index >= 15 is 0 Å². The first kappa shape index (κ1) is 17.6. The molecule has 0 bridgehead atoms. The van der Waals surface area contributed by atoms with E-state index in [1.807, 2.05) is 30.6 Å². The first-order valence-corrected chi connectivity index (χ1v) is 10.5. The lowest BCUT2D eigenvalue weighted by atomic mass is 9.79. The van der Waals surface area contributed by atoms with Crippen LogP contribution < -0.4 is 0 Å². The third kappa shape index (κ3) is 3.79. The first-order chi connectivity index (χ1) is 12.8. The van der Waals surface area contributed by atoms with Crippen molar-refractivity contribution in [3.63, 3.8) is 0 Å². The largest absolute Gasteiger partial charge is 0.334 e. The molecule has 2 aromatic rings. The summed E-state index contributed by atoms with van der Waals surface area (Å²) in [6.45, 7) is 2.97. The van der Waals surface area contributed by atoms with Crippen LogP contribution in [0.4, 0.5) is 0 Å². The van der Waals surface area contributed by atoms with Crippen molar-refractivity contribution < 1.29 is 4.79 Å². The van der Waals surface area contributed by atoms with Gasteiger partial charge in [0.05, 0.1) is 18.4 Å². The Bertz CT molecular complexity index is 741. The van der Waals surface area contributed by atoms with Crippen LogP contribution in [0, 0.1) is 11.8 Å². The molecule has 0 N–H and O–H groups in total. The Kier molecular flexibility index (Phi) is 5.28. The molecule has 2 heterocycles. The zero-order chi connectivity index (χ0) is 17.9. The number of amides is 1. The van der Waals surface area contributed by atoms with E-state index in [1.165, 1.54) is 32.1 Å². The Morgan fingerprint density at radius 1 is 1.19 bits per heavy atom. The van der Waals surface area contributed by atoms with Crippen molar-refractivity contribution in [2.45, 2.75) is 77.3 Å². The van der Waals surface area contributed by atoms with Gasteiger partial charge in [-0.25, -0.2) is 4.98 Å². The number of hydrogen-bond acceptors (Lipinski definition) is 2. The van der Waals surface area contributed by atoms with E-state index in [1.54, 1.807) is 0 Å². The van der Waals surface area contributed by atoms with Crippen molar-refractivity contribution in [3.05, 3.63) is 36.3 Å². The molecule has 2 aliphatic rings. The Hall–Kier alpha value is -1.84. The fourth-order valence-electron chi connectivity index (χ4n) is 4.48. The van der Waals surface area contributed by atoms with Crippen LogP contribution in [-0.2, 0) is 11.3 Å². The van der Waals surface area contributed by atoms with Gasteiger partial charge in [0.15, 0.2) is 0 Å². The molecule has 0 aromatic carbocycles. The highest BCUT2D eigenvalue weighted by Crippen LogP contribution is 2.36. The smallest absolute Gasteiger partial charge is 0.226 e. The molecule has 2 fully saturated rings. The minimum absolute atomic E-state index is 0.243. The topological polar surface area (TPSA) is 37.6 Å². The standard InChI is InChI=1S/C22H31N3O/c1-2-3-6-17-8-10-18(11-9-17)22(26)25(19-12-13-19)16-20-15-23-21-7-4-5-14-24(20)21/h4-5,7,14-15,17-19H,2-3,6,8-13,16H2,1H3. The van der Waals surface area contributed by atoms with Gasteiger partial charge in [-0.3, -0.25) is 4.79 Å². The molecule has 0 aliphatic heterocycles. The third-order valence-electron chi connectivity index (χ3n) is 6.26. The number of aromatic nitrogens is 2. The summed E-state index contributed by atoms with van der Waals surface area (Å²) in [5.74, 6) is 1.49. The molecule has 4 heteroatoms. The molecule has 2 aromatic heterocycles. The third-order valence-corrected chi connectivity index (χ3v) is 6.26. The van der Waals surface area contributed by atoms with E-state index in [2.05, 4.69) is 21.2 Å². The second-order valence-electron chi connectivity index (χ2n) is 8.24. The summed E-state index contributed by atoms with van der Waals surface area (Å²) >= 11 is 0. The van der Waals surface area contributed by atoms with Gasteiger partial charge in [-0.15, -0.1) is 0 Å². The Morgan fingerprint density at radius 2 is 2.00 bits per heavy atom. The summed E-state index contributed by atoms with van der Waals surface area (Å²) in [5, 5.41) is 0. The number of pyridine rings is 1. The summed E-state index contributed by atoms with van der Waals surface area (Å²) in [7, 11) is 0. The van der Waals surface area contributed by atoms with Crippen LogP contribution >= 0.6 is 0 Å². The number of imidazole rings is 1. The maximum absolute atomic E-state index is 13.3. The van der Waals surface area contributed by atoms with Crippen molar-refractivity contribution in [2.75, 3.05) is 0 Å². The molecule has 0 saturated heterocycles. The molecule has 0 radical (unpaired) electrons. The zero-order valence-electron chi connectivity index (χ0n) is 15.9. The predicted molar refractivity (Wildman–Crippen MR) is 104 cm³/mol. The molecule has 1 amide bonds. The summed E-state index contributed by atoms with van der Waals surface area (Å²) in [6, 6.07) is 6.51. The lowest BCUT2D eigenvalue weighted by Gasteiger charge is -2.32. The van der Waals surface area contributed by atoms with E-state index in [0.717, 1.165) is 42.9 Å². The average molecular weight is 354 g/mol. The van der Waals surface area contributed by atoms with Gasteiger partial charge in [-0.1, -0.05) is 32.3 Å². The van der Waals surface area contributed by atoms with Crippen molar-refractivity contribution in [1.29, 1.82) is 0 Å². The van der Waals surface area contributed by atoms with E-state index in [9.17, 15) is 4.79 Å². The quantitative estimate of drug-likeness (QED) is 0.715. The molecular weight excluding hydrogens is 322 g/mol. The van der Waals surface area contributed by atoms with Crippen molar-refractivity contribution in [2.24, 2.45) is 11.8 Å². The zero-order valence-corrected chi connectivity index (χ0v) is 15.9. The number of fused-ring (bicyclic) bond motifs is 1. The lowest BCUT2D eigenvalue weighted by Crippen LogP contribution is -2.39. The summed E-state index contributed by atoms with van der Waals surface area (Å²) in [6.07, 6.45) is 14.9. The van der Waals surface area contributed by atoms with E-state index in [-0.39, 0.29) is 5.92 Å². The number of unbranched alkanes of at least 4 members (excludes halogenated alkanes) is 1. The van der Waals surface area contributed by atoms with Gasteiger partial charge < -0.3 is 9.30 Å². The van der Waals surface area contributed by atoms with Crippen LogP contribution in [0.3, 0.4) is 0 Å². The molecule has 140 valence electrons. The number of carbonyl (C=O) groups is 1. The number of rotatable bonds is 7. The summed E-state index contributed by atoms with van der Waals surface area (Å²) in [5.41, 5.74) is 2.08. The fraction of sp³-hybridized carbons (Fsp3) is 0.636. The van der Waals surface area contributed by atoms with Gasteiger partial charge in [0, 0.05) is 18.2 Å².